The van der Waals surface area contributed by atoms with E-state index in [4.69, 9.17) is 10.5 Å². The number of methoxy groups -OCH3 is 1. The van der Waals surface area contributed by atoms with Crippen molar-refractivity contribution < 1.29 is 4.74 Å². The maximum atomic E-state index is 6.40. The van der Waals surface area contributed by atoms with Gasteiger partial charge in [0.15, 0.2) is 0 Å². The first kappa shape index (κ1) is 14.4. The second-order valence-corrected chi connectivity index (χ2v) is 6.39. The molecule has 0 spiro atoms. The van der Waals surface area contributed by atoms with E-state index in [1.807, 2.05) is 12.1 Å². The Hall–Kier alpha value is -1.06. The summed E-state index contributed by atoms with van der Waals surface area (Å²) in [5, 5.41) is 0. The molecule has 0 radical (unpaired) electrons. The predicted molar refractivity (Wildman–Crippen MR) is 79.2 cm³/mol. The van der Waals surface area contributed by atoms with E-state index in [0.717, 1.165) is 12.3 Å². The topological polar surface area (TPSA) is 38.5 Å². The van der Waals surface area contributed by atoms with E-state index >= 15 is 0 Å². The lowest BCUT2D eigenvalue weighted by atomic mass is 9.87. The molecule has 0 aromatic heterocycles. The van der Waals surface area contributed by atoms with Gasteiger partial charge in [-0.15, -0.1) is 0 Å². The van der Waals surface area contributed by atoms with E-state index in [1.165, 1.54) is 18.4 Å². The van der Waals surface area contributed by atoms with E-state index in [-0.39, 0.29) is 11.5 Å². The van der Waals surface area contributed by atoms with Crippen molar-refractivity contribution in [3.63, 3.8) is 0 Å². The summed E-state index contributed by atoms with van der Waals surface area (Å²) in [4.78, 5) is 2.38. The highest BCUT2D eigenvalue weighted by Crippen LogP contribution is 2.38. The molecule has 1 fully saturated rings. The Labute approximate surface area is 116 Å². The minimum atomic E-state index is 0.253. The average Bonchev–Trinajstić information content (AvgIpc) is 2.65. The number of hydrogen-bond donors (Lipinski definition) is 1. The summed E-state index contributed by atoms with van der Waals surface area (Å²) in [7, 11) is 3.88. The first-order chi connectivity index (χ1) is 8.94. The summed E-state index contributed by atoms with van der Waals surface area (Å²) < 4.78 is 5.27. The van der Waals surface area contributed by atoms with Crippen LogP contribution in [-0.4, -0.2) is 31.1 Å². The maximum Gasteiger partial charge on any atom is 0.119 e. The van der Waals surface area contributed by atoms with Crippen LogP contribution in [0.15, 0.2) is 24.3 Å². The number of hydrogen-bond acceptors (Lipinski definition) is 3. The van der Waals surface area contributed by atoms with Crippen molar-refractivity contribution in [2.24, 2.45) is 11.1 Å². The van der Waals surface area contributed by atoms with Crippen LogP contribution in [-0.2, 0) is 6.54 Å². The normalized spacial score (nSPS) is 25.8. The molecule has 0 heterocycles. The zero-order valence-electron chi connectivity index (χ0n) is 12.5. The van der Waals surface area contributed by atoms with E-state index in [9.17, 15) is 0 Å². The van der Waals surface area contributed by atoms with Gasteiger partial charge in [0.05, 0.1) is 7.11 Å². The minimum Gasteiger partial charge on any atom is -0.497 e. The second-order valence-electron chi connectivity index (χ2n) is 6.39. The van der Waals surface area contributed by atoms with Crippen molar-refractivity contribution in [2.45, 2.75) is 45.3 Å². The predicted octanol–water partition coefficient (Wildman–Crippen LogP) is 2.64. The highest BCUT2D eigenvalue weighted by molar-refractivity contribution is 5.28. The van der Waals surface area contributed by atoms with Crippen LogP contribution in [0.1, 0.15) is 32.3 Å². The zero-order valence-corrected chi connectivity index (χ0v) is 12.5. The van der Waals surface area contributed by atoms with Crippen molar-refractivity contribution in [2.75, 3.05) is 14.2 Å². The molecule has 0 bridgehead atoms. The fourth-order valence-electron chi connectivity index (χ4n) is 3.06. The molecule has 2 rings (SSSR count). The minimum absolute atomic E-state index is 0.253. The average molecular weight is 262 g/mol. The molecule has 106 valence electrons. The molecule has 3 heteroatoms. The molecule has 1 aromatic carbocycles. The van der Waals surface area contributed by atoms with Gasteiger partial charge in [0.25, 0.3) is 0 Å². The van der Waals surface area contributed by atoms with Crippen molar-refractivity contribution in [3.8, 4) is 5.75 Å². The Bertz CT molecular complexity index is 431. The van der Waals surface area contributed by atoms with E-state index < -0.39 is 0 Å². The van der Waals surface area contributed by atoms with Gasteiger partial charge in [-0.1, -0.05) is 26.0 Å². The summed E-state index contributed by atoms with van der Waals surface area (Å²) in [5.41, 5.74) is 7.93. The monoisotopic (exact) mass is 262 g/mol. The molecule has 2 N–H and O–H groups in total. The van der Waals surface area contributed by atoms with Gasteiger partial charge in [-0.25, -0.2) is 0 Å². The molecule has 1 aliphatic carbocycles. The smallest absolute Gasteiger partial charge is 0.119 e. The number of nitrogens with zero attached hydrogens (tertiary/aromatic N) is 1. The number of likely N-dealkylation sites (N-methyl/N-ethyl adjacent to an activating group) is 1. The highest BCUT2D eigenvalue weighted by Gasteiger charge is 2.41. The fraction of sp³-hybridized carbons (Fsp3) is 0.625. The van der Waals surface area contributed by atoms with E-state index in [2.05, 4.69) is 37.9 Å². The number of ether oxygens (including phenoxy) is 1. The summed E-state index contributed by atoms with van der Waals surface area (Å²) >= 11 is 0. The van der Waals surface area contributed by atoms with Crippen LogP contribution in [0.4, 0.5) is 0 Å². The number of rotatable bonds is 4. The molecule has 1 aliphatic rings. The van der Waals surface area contributed by atoms with Gasteiger partial charge in [-0.2, -0.15) is 0 Å². The lowest BCUT2D eigenvalue weighted by Gasteiger charge is -2.32. The molecular weight excluding hydrogens is 236 g/mol. The van der Waals surface area contributed by atoms with Gasteiger partial charge < -0.3 is 10.5 Å². The first-order valence-electron chi connectivity index (χ1n) is 7.03. The summed E-state index contributed by atoms with van der Waals surface area (Å²) in [6.07, 6.45) is 2.40. The largest absolute Gasteiger partial charge is 0.497 e. The van der Waals surface area contributed by atoms with Crippen LogP contribution in [0.25, 0.3) is 0 Å². The molecule has 1 saturated carbocycles. The van der Waals surface area contributed by atoms with Crippen LogP contribution in [0, 0.1) is 5.41 Å². The fourth-order valence-corrected chi connectivity index (χ4v) is 3.06. The molecule has 0 saturated heterocycles. The zero-order chi connectivity index (χ0) is 14.0. The van der Waals surface area contributed by atoms with Gasteiger partial charge in [-0.05, 0) is 43.0 Å². The third-order valence-electron chi connectivity index (χ3n) is 4.53. The number of benzene rings is 1. The molecule has 2 atom stereocenters. The Morgan fingerprint density at radius 3 is 2.74 bits per heavy atom. The molecule has 1 aromatic rings. The van der Waals surface area contributed by atoms with Gasteiger partial charge in [0.2, 0.25) is 0 Å². The van der Waals surface area contributed by atoms with Gasteiger partial charge in [0, 0.05) is 18.6 Å². The molecular formula is C16H26N2O. The van der Waals surface area contributed by atoms with Crippen molar-refractivity contribution in [1.29, 1.82) is 0 Å². The molecule has 2 unspecified atom stereocenters. The van der Waals surface area contributed by atoms with Crippen molar-refractivity contribution in [3.05, 3.63) is 29.8 Å². The first-order valence-corrected chi connectivity index (χ1v) is 7.03. The third kappa shape index (κ3) is 3.10. The standard InChI is InChI=1S/C16H26N2O/c1-16(2)9-8-14(15(16)17)18(3)11-12-6-5-7-13(10-12)19-4/h5-7,10,14-15H,8-9,11,17H2,1-4H3. The van der Waals surface area contributed by atoms with Crippen LogP contribution in [0.2, 0.25) is 0 Å². The third-order valence-corrected chi connectivity index (χ3v) is 4.53. The Kier molecular flexibility index (Phi) is 4.16. The summed E-state index contributed by atoms with van der Waals surface area (Å²) in [6, 6.07) is 8.99. The molecule has 3 nitrogen and oxygen atoms in total. The lowest BCUT2D eigenvalue weighted by molar-refractivity contribution is 0.191. The van der Waals surface area contributed by atoms with E-state index in [1.54, 1.807) is 7.11 Å². The van der Waals surface area contributed by atoms with Crippen LogP contribution >= 0.6 is 0 Å². The molecule has 0 aliphatic heterocycles. The van der Waals surface area contributed by atoms with Crippen LogP contribution < -0.4 is 10.5 Å². The summed E-state index contributed by atoms with van der Waals surface area (Å²) in [5.74, 6) is 0.918. The molecule has 19 heavy (non-hydrogen) atoms. The van der Waals surface area contributed by atoms with Gasteiger partial charge >= 0.3 is 0 Å². The Morgan fingerprint density at radius 1 is 1.42 bits per heavy atom. The van der Waals surface area contributed by atoms with Crippen LogP contribution in [0.3, 0.4) is 0 Å². The SMILES string of the molecule is COc1cccc(CN(C)C2CCC(C)(C)C2N)c1. The maximum absolute atomic E-state index is 6.40. The van der Waals surface area contributed by atoms with Gasteiger partial charge in [-0.3, -0.25) is 4.90 Å². The quantitative estimate of drug-likeness (QED) is 0.906. The Morgan fingerprint density at radius 2 is 2.16 bits per heavy atom. The lowest BCUT2D eigenvalue weighted by Crippen LogP contribution is -2.47. The summed E-state index contributed by atoms with van der Waals surface area (Å²) in [6.45, 7) is 5.47. The highest BCUT2D eigenvalue weighted by atomic mass is 16.5. The van der Waals surface area contributed by atoms with Gasteiger partial charge in [0.1, 0.15) is 5.75 Å². The van der Waals surface area contributed by atoms with Crippen LogP contribution in [0.5, 0.6) is 5.75 Å². The van der Waals surface area contributed by atoms with Crippen molar-refractivity contribution in [1.82, 2.24) is 4.90 Å². The van der Waals surface area contributed by atoms with E-state index in [0.29, 0.717) is 6.04 Å². The molecule has 0 amide bonds. The Balaban J connectivity index is 2.03. The number of nitrogens with two attached hydrogens (primary N) is 1. The van der Waals surface area contributed by atoms with Crippen molar-refractivity contribution >= 4 is 0 Å². The second kappa shape index (κ2) is 5.51.